The van der Waals surface area contributed by atoms with Gasteiger partial charge in [0, 0.05) is 24.8 Å². The van der Waals surface area contributed by atoms with Crippen LogP contribution in [-0.2, 0) is 13.0 Å². The Bertz CT molecular complexity index is 933. The summed E-state index contributed by atoms with van der Waals surface area (Å²) in [6.45, 7) is 0.721. The minimum absolute atomic E-state index is 0.0192. The molecule has 0 aliphatic carbocycles. The number of hydrogen-bond donors (Lipinski definition) is 1. The molecule has 1 aromatic heterocycles. The molecule has 0 bridgehead atoms. The van der Waals surface area contributed by atoms with Crippen LogP contribution in [0.25, 0.3) is 0 Å². The van der Waals surface area contributed by atoms with Crippen molar-refractivity contribution >= 4 is 23.5 Å². The summed E-state index contributed by atoms with van der Waals surface area (Å²) in [6, 6.07) is 17.0. The maximum Gasteiger partial charge on any atom is 0.339 e. The number of ether oxygens (including phenoxy) is 1. The zero-order chi connectivity index (χ0) is 19.9. The summed E-state index contributed by atoms with van der Waals surface area (Å²) in [6.07, 6.45) is 2.15. The summed E-state index contributed by atoms with van der Waals surface area (Å²) in [5.41, 5.74) is 1.55. The average molecular weight is 398 g/mol. The van der Waals surface area contributed by atoms with Crippen molar-refractivity contribution in [3.63, 3.8) is 0 Å². The Morgan fingerprint density at radius 1 is 1.14 bits per heavy atom. The van der Waals surface area contributed by atoms with Crippen molar-refractivity contribution in [2.24, 2.45) is 0 Å². The third-order valence-electron chi connectivity index (χ3n) is 4.19. The minimum atomic E-state index is -1.09. The lowest BCUT2D eigenvalue weighted by molar-refractivity contribution is 0.0692. The number of anilines is 1. The number of carboxylic acid groups (broad SMARTS) is 1. The number of aromatic carboxylic acids is 1. The SMILES string of the molecule is CN(CCc1ccccc1)c1ncc(C(=O)O)c(COc2ccc(Cl)cc2)n1. The fourth-order valence-electron chi connectivity index (χ4n) is 2.60. The molecule has 28 heavy (non-hydrogen) atoms. The van der Waals surface area contributed by atoms with Crippen LogP contribution in [0.15, 0.2) is 60.8 Å². The van der Waals surface area contributed by atoms with Crippen molar-refractivity contribution in [2.45, 2.75) is 13.0 Å². The van der Waals surface area contributed by atoms with Crippen molar-refractivity contribution in [2.75, 3.05) is 18.5 Å². The molecule has 6 nitrogen and oxygen atoms in total. The number of rotatable bonds is 8. The number of aromatic nitrogens is 2. The topological polar surface area (TPSA) is 75.6 Å². The number of halogens is 1. The van der Waals surface area contributed by atoms with Gasteiger partial charge in [0.2, 0.25) is 5.95 Å². The zero-order valence-corrected chi connectivity index (χ0v) is 16.1. The van der Waals surface area contributed by atoms with Gasteiger partial charge in [-0.3, -0.25) is 0 Å². The fraction of sp³-hybridized carbons (Fsp3) is 0.190. The van der Waals surface area contributed by atoms with Crippen molar-refractivity contribution in [3.05, 3.63) is 82.6 Å². The third-order valence-corrected chi connectivity index (χ3v) is 4.45. The fourth-order valence-corrected chi connectivity index (χ4v) is 2.73. The monoisotopic (exact) mass is 397 g/mol. The second-order valence-corrected chi connectivity index (χ2v) is 6.67. The summed E-state index contributed by atoms with van der Waals surface area (Å²) in [7, 11) is 1.88. The van der Waals surface area contributed by atoms with Crippen LogP contribution in [0.2, 0.25) is 5.02 Å². The van der Waals surface area contributed by atoms with Crippen LogP contribution < -0.4 is 9.64 Å². The second kappa shape index (κ2) is 9.19. The van der Waals surface area contributed by atoms with Crippen LogP contribution in [0, 0.1) is 0 Å². The Morgan fingerprint density at radius 3 is 2.54 bits per heavy atom. The predicted octanol–water partition coefficient (Wildman–Crippen LogP) is 4.09. The second-order valence-electron chi connectivity index (χ2n) is 6.24. The minimum Gasteiger partial charge on any atom is -0.487 e. The Morgan fingerprint density at radius 2 is 1.86 bits per heavy atom. The molecule has 0 fully saturated rings. The van der Waals surface area contributed by atoms with E-state index in [2.05, 4.69) is 22.1 Å². The van der Waals surface area contributed by atoms with Crippen LogP contribution in [-0.4, -0.2) is 34.6 Å². The Balaban J connectivity index is 1.72. The molecule has 2 aromatic carbocycles. The molecule has 7 heteroatoms. The highest BCUT2D eigenvalue weighted by Crippen LogP contribution is 2.18. The lowest BCUT2D eigenvalue weighted by Crippen LogP contribution is -2.24. The quantitative estimate of drug-likeness (QED) is 0.617. The standard InChI is InChI=1S/C21H20ClN3O3/c1-25(12-11-15-5-3-2-4-6-15)21-23-13-18(20(26)27)19(24-21)14-28-17-9-7-16(22)8-10-17/h2-10,13H,11-12,14H2,1H3,(H,26,27). The maximum absolute atomic E-state index is 11.5. The smallest absolute Gasteiger partial charge is 0.339 e. The molecule has 0 saturated carbocycles. The van der Waals surface area contributed by atoms with Crippen LogP contribution in [0.5, 0.6) is 5.75 Å². The molecular weight excluding hydrogens is 378 g/mol. The number of nitrogens with zero attached hydrogens (tertiary/aromatic N) is 3. The molecule has 3 rings (SSSR count). The highest BCUT2D eigenvalue weighted by atomic mass is 35.5. The molecule has 144 valence electrons. The highest BCUT2D eigenvalue weighted by molar-refractivity contribution is 6.30. The first-order valence-electron chi connectivity index (χ1n) is 8.75. The van der Waals surface area contributed by atoms with Gasteiger partial charge in [0.05, 0.1) is 5.69 Å². The molecule has 0 amide bonds. The van der Waals surface area contributed by atoms with Gasteiger partial charge in [-0.2, -0.15) is 0 Å². The first-order chi connectivity index (χ1) is 13.5. The molecule has 0 spiro atoms. The summed E-state index contributed by atoms with van der Waals surface area (Å²) in [5.74, 6) is -0.0536. The molecule has 3 aromatic rings. The van der Waals surface area contributed by atoms with E-state index in [0.717, 1.165) is 6.42 Å². The molecule has 0 atom stereocenters. The van der Waals surface area contributed by atoms with Crippen molar-refractivity contribution in [3.8, 4) is 5.75 Å². The van der Waals surface area contributed by atoms with Gasteiger partial charge in [-0.05, 0) is 36.2 Å². The Kier molecular flexibility index (Phi) is 6.45. The van der Waals surface area contributed by atoms with Gasteiger partial charge in [0.1, 0.15) is 17.9 Å². The van der Waals surface area contributed by atoms with Gasteiger partial charge < -0.3 is 14.7 Å². The van der Waals surface area contributed by atoms with Crippen LogP contribution in [0.1, 0.15) is 21.6 Å². The van der Waals surface area contributed by atoms with E-state index in [1.165, 1.54) is 11.8 Å². The van der Waals surface area contributed by atoms with E-state index in [9.17, 15) is 9.90 Å². The third kappa shape index (κ3) is 5.20. The van der Waals surface area contributed by atoms with E-state index in [-0.39, 0.29) is 12.2 Å². The lowest BCUT2D eigenvalue weighted by Gasteiger charge is -2.18. The number of benzene rings is 2. The van der Waals surface area contributed by atoms with Gasteiger partial charge in [-0.1, -0.05) is 41.9 Å². The molecule has 0 saturated heterocycles. The Hall–Kier alpha value is -3.12. The summed E-state index contributed by atoms with van der Waals surface area (Å²) in [5, 5.41) is 10.0. The first kappa shape index (κ1) is 19.6. The first-order valence-corrected chi connectivity index (χ1v) is 9.13. The number of hydrogen-bond acceptors (Lipinski definition) is 5. The number of likely N-dealkylation sites (N-methyl/N-ethyl adjacent to an activating group) is 1. The predicted molar refractivity (Wildman–Crippen MR) is 108 cm³/mol. The summed E-state index contributed by atoms with van der Waals surface area (Å²) >= 11 is 5.87. The van der Waals surface area contributed by atoms with Gasteiger partial charge in [-0.15, -0.1) is 0 Å². The van der Waals surface area contributed by atoms with Crippen LogP contribution >= 0.6 is 11.6 Å². The van der Waals surface area contributed by atoms with Crippen LogP contribution in [0.4, 0.5) is 5.95 Å². The van der Waals surface area contributed by atoms with Gasteiger partial charge in [0.15, 0.2) is 0 Å². The lowest BCUT2D eigenvalue weighted by atomic mass is 10.1. The molecule has 0 radical (unpaired) electrons. The van der Waals surface area contributed by atoms with E-state index < -0.39 is 5.97 Å². The summed E-state index contributed by atoms with van der Waals surface area (Å²) in [4.78, 5) is 22.0. The largest absolute Gasteiger partial charge is 0.487 e. The molecular formula is C21H20ClN3O3. The maximum atomic E-state index is 11.5. The van der Waals surface area contributed by atoms with Crippen molar-refractivity contribution in [1.82, 2.24) is 9.97 Å². The number of carbonyl (C=O) groups is 1. The highest BCUT2D eigenvalue weighted by Gasteiger charge is 2.16. The normalized spacial score (nSPS) is 10.5. The van der Waals surface area contributed by atoms with Crippen molar-refractivity contribution < 1.29 is 14.6 Å². The average Bonchev–Trinajstić information content (AvgIpc) is 2.72. The zero-order valence-electron chi connectivity index (χ0n) is 15.4. The van der Waals surface area contributed by atoms with Gasteiger partial charge in [0.25, 0.3) is 0 Å². The van der Waals surface area contributed by atoms with E-state index in [1.807, 2.05) is 30.1 Å². The summed E-state index contributed by atoms with van der Waals surface area (Å²) < 4.78 is 5.67. The molecule has 0 unspecified atom stereocenters. The Labute approximate surface area is 168 Å². The van der Waals surface area contributed by atoms with Crippen LogP contribution in [0.3, 0.4) is 0 Å². The number of carboxylic acids is 1. The molecule has 0 aliphatic rings. The van der Waals surface area contributed by atoms with Crippen molar-refractivity contribution in [1.29, 1.82) is 0 Å². The van der Waals surface area contributed by atoms with E-state index in [4.69, 9.17) is 16.3 Å². The molecule has 1 heterocycles. The molecule has 0 aliphatic heterocycles. The molecule has 1 N–H and O–H groups in total. The van der Waals surface area contributed by atoms with E-state index in [1.54, 1.807) is 24.3 Å². The van der Waals surface area contributed by atoms with Gasteiger partial charge in [-0.25, -0.2) is 14.8 Å². The van der Waals surface area contributed by atoms with Gasteiger partial charge >= 0.3 is 5.97 Å². The van der Waals surface area contributed by atoms with E-state index >= 15 is 0 Å². The van der Waals surface area contributed by atoms with E-state index in [0.29, 0.717) is 29.0 Å².